The molecule has 0 saturated carbocycles. The molecule has 0 spiro atoms. The van der Waals surface area contributed by atoms with Crippen molar-refractivity contribution >= 4 is 27.7 Å². The van der Waals surface area contributed by atoms with Gasteiger partial charge in [-0.25, -0.2) is 4.99 Å². The molecule has 0 unspecified atom stereocenters. The molecule has 3 aromatic carbocycles. The number of hydrogen-bond donors (Lipinski definition) is 2. The fraction of sp³-hybridized carbons (Fsp3) is 0.290. The van der Waals surface area contributed by atoms with Crippen LogP contribution >= 0.6 is 15.9 Å². The van der Waals surface area contributed by atoms with Crippen LogP contribution < -0.4 is 14.8 Å². The van der Waals surface area contributed by atoms with Crippen LogP contribution in [0.4, 0.5) is 0 Å². The van der Waals surface area contributed by atoms with E-state index in [0.717, 1.165) is 26.9 Å². The van der Waals surface area contributed by atoms with Crippen LogP contribution in [0, 0.1) is 0 Å². The first-order valence-electron chi connectivity index (χ1n) is 12.9. The van der Waals surface area contributed by atoms with Crippen molar-refractivity contribution in [3.05, 3.63) is 107 Å². The maximum Gasteiger partial charge on any atom is 0.252 e. The lowest BCUT2D eigenvalue weighted by atomic mass is 9.84. The molecule has 3 aromatic rings. The van der Waals surface area contributed by atoms with Gasteiger partial charge in [0.15, 0.2) is 11.6 Å². The van der Waals surface area contributed by atoms with Crippen LogP contribution in [0.5, 0.6) is 11.5 Å². The Hall–Kier alpha value is -3.62. The van der Waals surface area contributed by atoms with Gasteiger partial charge in [0.25, 0.3) is 5.91 Å². The number of benzene rings is 3. The second-order valence-corrected chi connectivity index (χ2v) is 10.0. The number of ether oxygens (including phenoxy) is 3. The SMILES string of the molecule is C=CC[C@@]1(C(=O)NCCc2cccc(OC)c2)N=C(c2ccc(OCCCO)cc2)O[C@@H]1c1ccccc1Br. The van der Waals surface area contributed by atoms with Gasteiger partial charge in [0.05, 0.1) is 13.7 Å². The fourth-order valence-electron chi connectivity index (χ4n) is 4.50. The van der Waals surface area contributed by atoms with Crippen LogP contribution in [0.25, 0.3) is 0 Å². The first-order chi connectivity index (χ1) is 19.0. The Bertz CT molecular complexity index is 1310. The third-order valence-corrected chi connectivity index (χ3v) is 7.23. The summed E-state index contributed by atoms with van der Waals surface area (Å²) >= 11 is 3.64. The van der Waals surface area contributed by atoms with E-state index in [-0.39, 0.29) is 18.9 Å². The molecule has 0 bridgehead atoms. The van der Waals surface area contributed by atoms with E-state index in [1.807, 2.05) is 72.8 Å². The molecule has 0 aliphatic carbocycles. The lowest BCUT2D eigenvalue weighted by Gasteiger charge is -2.30. The van der Waals surface area contributed by atoms with Crippen molar-refractivity contribution in [1.82, 2.24) is 5.32 Å². The summed E-state index contributed by atoms with van der Waals surface area (Å²) in [6, 6.07) is 22.9. The first-order valence-corrected chi connectivity index (χ1v) is 13.7. The maximum absolute atomic E-state index is 13.9. The minimum absolute atomic E-state index is 0.0756. The first kappa shape index (κ1) is 28.4. The summed E-state index contributed by atoms with van der Waals surface area (Å²) in [5, 5.41) is 12.1. The van der Waals surface area contributed by atoms with E-state index in [0.29, 0.717) is 37.6 Å². The molecule has 2 N–H and O–H groups in total. The van der Waals surface area contributed by atoms with E-state index in [2.05, 4.69) is 27.8 Å². The molecule has 4 rings (SSSR count). The molecule has 0 saturated heterocycles. The summed E-state index contributed by atoms with van der Waals surface area (Å²) in [5.74, 6) is 1.60. The minimum atomic E-state index is -1.24. The Kier molecular flexibility index (Phi) is 9.79. The highest BCUT2D eigenvalue weighted by Gasteiger charge is 2.52. The molecule has 1 aliphatic heterocycles. The van der Waals surface area contributed by atoms with Gasteiger partial charge < -0.3 is 24.6 Å². The van der Waals surface area contributed by atoms with Gasteiger partial charge in [-0.05, 0) is 54.4 Å². The van der Waals surface area contributed by atoms with Crippen molar-refractivity contribution in [2.24, 2.45) is 4.99 Å². The quantitative estimate of drug-likeness (QED) is 0.204. The van der Waals surface area contributed by atoms with Gasteiger partial charge in [-0.2, -0.15) is 0 Å². The van der Waals surface area contributed by atoms with Crippen LogP contribution in [-0.4, -0.2) is 49.3 Å². The number of halogens is 1. The summed E-state index contributed by atoms with van der Waals surface area (Å²) in [6.07, 6.45) is 2.53. The molecule has 1 heterocycles. The van der Waals surface area contributed by atoms with Gasteiger partial charge in [0.1, 0.15) is 11.5 Å². The van der Waals surface area contributed by atoms with Crippen molar-refractivity contribution in [2.75, 3.05) is 26.9 Å². The second kappa shape index (κ2) is 13.4. The predicted molar refractivity (Wildman–Crippen MR) is 155 cm³/mol. The number of carbonyl (C=O) groups excluding carboxylic acids is 1. The number of rotatable bonds is 13. The van der Waals surface area contributed by atoms with Crippen LogP contribution in [0.15, 0.2) is 94.9 Å². The molecule has 0 fully saturated rings. The number of nitrogens with one attached hydrogen (secondary N) is 1. The van der Waals surface area contributed by atoms with Gasteiger partial charge in [0.2, 0.25) is 5.90 Å². The molecule has 204 valence electrons. The Morgan fingerprint density at radius 2 is 1.95 bits per heavy atom. The number of nitrogens with zero attached hydrogens (tertiary/aromatic N) is 1. The van der Waals surface area contributed by atoms with Crippen LogP contribution in [0.2, 0.25) is 0 Å². The largest absolute Gasteiger partial charge is 0.497 e. The van der Waals surface area contributed by atoms with Crippen molar-refractivity contribution in [3.63, 3.8) is 0 Å². The normalized spacial score (nSPS) is 18.1. The molecule has 1 aliphatic rings. The van der Waals surface area contributed by atoms with E-state index in [1.54, 1.807) is 13.2 Å². The lowest BCUT2D eigenvalue weighted by molar-refractivity contribution is -0.128. The van der Waals surface area contributed by atoms with Gasteiger partial charge in [-0.3, -0.25) is 4.79 Å². The Balaban J connectivity index is 1.61. The smallest absolute Gasteiger partial charge is 0.252 e. The Morgan fingerprint density at radius 1 is 1.15 bits per heavy atom. The topological polar surface area (TPSA) is 89.4 Å². The zero-order chi connectivity index (χ0) is 27.7. The zero-order valence-electron chi connectivity index (χ0n) is 21.9. The number of hydrogen-bond acceptors (Lipinski definition) is 6. The summed E-state index contributed by atoms with van der Waals surface area (Å²) in [6.45, 7) is 4.86. The lowest BCUT2D eigenvalue weighted by Crippen LogP contribution is -2.48. The number of aliphatic hydroxyl groups excluding tert-OH is 1. The summed E-state index contributed by atoms with van der Waals surface area (Å²) < 4.78 is 18.3. The highest BCUT2D eigenvalue weighted by atomic mass is 79.9. The summed E-state index contributed by atoms with van der Waals surface area (Å²) in [7, 11) is 1.63. The van der Waals surface area contributed by atoms with Gasteiger partial charge >= 0.3 is 0 Å². The maximum atomic E-state index is 13.9. The molecule has 1 amide bonds. The van der Waals surface area contributed by atoms with Gasteiger partial charge in [-0.1, -0.05) is 52.3 Å². The predicted octanol–water partition coefficient (Wildman–Crippen LogP) is 5.41. The number of aliphatic hydroxyl groups is 1. The second-order valence-electron chi connectivity index (χ2n) is 9.16. The third kappa shape index (κ3) is 6.69. The standard InChI is InChI=1S/C31H33BrN2O5/c1-3-17-31(30(36)33-18-16-22-8-6-9-25(21-22)37-2)28(26-10-4-5-11-27(26)32)39-29(34-31)23-12-14-24(15-13-23)38-20-7-19-35/h3-6,8-15,21,28,35H,1,7,16-20H2,2H3,(H,33,36)/t28-,31-/m1/s1. The molecule has 2 atom stereocenters. The minimum Gasteiger partial charge on any atom is -0.497 e. The fourth-order valence-corrected chi connectivity index (χ4v) is 4.99. The number of aliphatic imine (C=N–C) groups is 1. The third-order valence-electron chi connectivity index (χ3n) is 6.51. The highest BCUT2D eigenvalue weighted by molar-refractivity contribution is 9.10. The molecule has 0 aromatic heterocycles. The zero-order valence-corrected chi connectivity index (χ0v) is 23.5. The van der Waals surface area contributed by atoms with E-state index in [9.17, 15) is 4.79 Å². The molecular formula is C31H33BrN2O5. The van der Waals surface area contributed by atoms with E-state index in [4.69, 9.17) is 24.3 Å². The molecule has 39 heavy (non-hydrogen) atoms. The van der Waals surface area contributed by atoms with Gasteiger partial charge in [0, 0.05) is 41.6 Å². The van der Waals surface area contributed by atoms with Crippen LogP contribution in [0.3, 0.4) is 0 Å². The van der Waals surface area contributed by atoms with Crippen molar-refractivity contribution in [1.29, 1.82) is 0 Å². The molecule has 7 nitrogen and oxygen atoms in total. The monoisotopic (exact) mass is 592 g/mol. The van der Waals surface area contributed by atoms with Crippen molar-refractivity contribution in [2.45, 2.75) is 30.9 Å². The van der Waals surface area contributed by atoms with Crippen LogP contribution in [0.1, 0.15) is 35.6 Å². The average molecular weight is 594 g/mol. The number of carbonyl (C=O) groups is 1. The average Bonchev–Trinajstić information content (AvgIpc) is 3.34. The van der Waals surface area contributed by atoms with Gasteiger partial charge in [-0.15, -0.1) is 6.58 Å². The number of amides is 1. The van der Waals surface area contributed by atoms with Crippen molar-refractivity contribution < 1.29 is 24.1 Å². The van der Waals surface area contributed by atoms with E-state index < -0.39 is 11.6 Å². The van der Waals surface area contributed by atoms with Crippen molar-refractivity contribution in [3.8, 4) is 11.5 Å². The Morgan fingerprint density at radius 3 is 2.67 bits per heavy atom. The summed E-state index contributed by atoms with van der Waals surface area (Å²) in [5.41, 5.74) is 1.37. The van der Waals surface area contributed by atoms with E-state index >= 15 is 0 Å². The molecule has 8 heteroatoms. The highest BCUT2D eigenvalue weighted by Crippen LogP contribution is 2.44. The molecular weight excluding hydrogens is 560 g/mol. The van der Waals surface area contributed by atoms with Crippen LogP contribution in [-0.2, 0) is 16.0 Å². The number of methoxy groups -OCH3 is 1. The Labute approximate surface area is 237 Å². The molecule has 0 radical (unpaired) electrons. The summed E-state index contributed by atoms with van der Waals surface area (Å²) in [4.78, 5) is 18.8. The van der Waals surface area contributed by atoms with E-state index in [1.165, 1.54) is 0 Å².